The summed E-state index contributed by atoms with van der Waals surface area (Å²) in [5.41, 5.74) is 2.27. The molecule has 0 N–H and O–H groups in total. The molecule has 1 fully saturated rings. The monoisotopic (exact) mass is 396 g/mol. The van der Waals surface area contributed by atoms with Gasteiger partial charge in [-0.3, -0.25) is 4.79 Å². The van der Waals surface area contributed by atoms with Gasteiger partial charge in [-0.05, 0) is 17.0 Å². The molecule has 3 rings (SSSR count). The maximum atomic E-state index is 12.2. The van der Waals surface area contributed by atoms with Crippen molar-refractivity contribution in [3.8, 4) is 0 Å². The molecule has 0 aliphatic carbocycles. The predicted octanol–water partition coefficient (Wildman–Crippen LogP) is 4.95. The Kier molecular flexibility index (Phi) is 8.41. The van der Waals surface area contributed by atoms with E-state index in [1.165, 1.54) is 0 Å². The van der Waals surface area contributed by atoms with Crippen LogP contribution in [0, 0.1) is 5.92 Å². The van der Waals surface area contributed by atoms with Crippen LogP contribution in [0.15, 0.2) is 60.7 Å². The Morgan fingerprint density at radius 1 is 1.00 bits per heavy atom. The normalized spacial score (nSPS) is 21.6. The van der Waals surface area contributed by atoms with Crippen LogP contribution in [-0.4, -0.2) is 30.7 Å². The lowest BCUT2D eigenvalue weighted by Crippen LogP contribution is -2.29. The van der Waals surface area contributed by atoms with Crippen molar-refractivity contribution in [2.75, 3.05) is 6.61 Å². The van der Waals surface area contributed by atoms with E-state index in [0.717, 1.165) is 17.5 Å². The number of ketones is 1. The Hall–Kier alpha value is -2.01. The first-order chi connectivity index (χ1) is 14.1. The average Bonchev–Trinajstić information content (AvgIpc) is 3.08. The Morgan fingerprint density at radius 3 is 2.24 bits per heavy atom. The van der Waals surface area contributed by atoms with Gasteiger partial charge in [0.2, 0.25) is 0 Å². The number of ether oxygens (including phenoxy) is 3. The molecule has 4 nitrogen and oxygen atoms in total. The van der Waals surface area contributed by atoms with Crippen LogP contribution in [0.3, 0.4) is 0 Å². The van der Waals surface area contributed by atoms with Gasteiger partial charge in [0.25, 0.3) is 0 Å². The van der Waals surface area contributed by atoms with Crippen molar-refractivity contribution in [1.82, 2.24) is 0 Å². The molecule has 1 saturated heterocycles. The maximum Gasteiger partial charge on any atom is 0.135 e. The van der Waals surface area contributed by atoms with Gasteiger partial charge in [0.15, 0.2) is 0 Å². The van der Waals surface area contributed by atoms with E-state index in [-0.39, 0.29) is 24.1 Å². The highest BCUT2D eigenvalue weighted by molar-refractivity contribution is 5.79. The Labute approximate surface area is 174 Å². The Morgan fingerprint density at radius 2 is 1.62 bits per heavy atom. The minimum Gasteiger partial charge on any atom is -0.374 e. The van der Waals surface area contributed by atoms with Crippen LogP contribution in [0.2, 0.25) is 0 Å². The SMILES string of the molecule is CC(C)CC(=O)C[C@@H]1C[C@H](OCc2ccccc2)[C@@H](COCc2ccccc2)O1. The van der Waals surface area contributed by atoms with E-state index in [0.29, 0.717) is 38.6 Å². The molecule has 0 amide bonds. The molecule has 0 saturated carbocycles. The molecule has 4 heteroatoms. The summed E-state index contributed by atoms with van der Waals surface area (Å²) in [6, 6.07) is 20.2. The fourth-order valence-corrected chi connectivity index (χ4v) is 3.69. The zero-order valence-corrected chi connectivity index (χ0v) is 17.5. The lowest BCUT2D eigenvalue weighted by atomic mass is 10.0. The van der Waals surface area contributed by atoms with Crippen molar-refractivity contribution >= 4 is 5.78 Å². The molecule has 1 aliphatic heterocycles. The van der Waals surface area contributed by atoms with Gasteiger partial charge in [-0.25, -0.2) is 0 Å². The van der Waals surface area contributed by atoms with Gasteiger partial charge in [-0.15, -0.1) is 0 Å². The molecule has 1 aliphatic rings. The second kappa shape index (κ2) is 11.2. The summed E-state index contributed by atoms with van der Waals surface area (Å²) in [4.78, 5) is 12.2. The maximum absolute atomic E-state index is 12.2. The van der Waals surface area contributed by atoms with Gasteiger partial charge >= 0.3 is 0 Å². The second-order valence-electron chi connectivity index (χ2n) is 8.21. The van der Waals surface area contributed by atoms with Crippen LogP contribution in [0.25, 0.3) is 0 Å². The summed E-state index contributed by atoms with van der Waals surface area (Å²) in [5.74, 6) is 0.636. The van der Waals surface area contributed by atoms with Crippen LogP contribution in [0.4, 0.5) is 0 Å². The highest BCUT2D eigenvalue weighted by atomic mass is 16.6. The fraction of sp³-hybridized carbons (Fsp3) is 0.480. The smallest absolute Gasteiger partial charge is 0.135 e. The van der Waals surface area contributed by atoms with Gasteiger partial charge in [0, 0.05) is 19.3 Å². The van der Waals surface area contributed by atoms with Crippen LogP contribution in [0.1, 0.15) is 44.2 Å². The number of carbonyl (C=O) groups excluding carboxylic acids is 1. The van der Waals surface area contributed by atoms with Crippen LogP contribution >= 0.6 is 0 Å². The molecule has 29 heavy (non-hydrogen) atoms. The lowest BCUT2D eigenvalue weighted by molar-refractivity contribution is -0.123. The molecule has 0 radical (unpaired) electrons. The van der Waals surface area contributed by atoms with Crippen molar-refractivity contribution in [2.24, 2.45) is 5.92 Å². The number of hydrogen-bond acceptors (Lipinski definition) is 4. The third-order valence-electron chi connectivity index (χ3n) is 5.07. The molecule has 2 aromatic carbocycles. The first-order valence-corrected chi connectivity index (χ1v) is 10.5. The highest BCUT2D eigenvalue weighted by Crippen LogP contribution is 2.28. The fourth-order valence-electron chi connectivity index (χ4n) is 3.69. The number of Topliss-reactive ketones (excluding diaryl/α,β-unsaturated/α-hetero) is 1. The van der Waals surface area contributed by atoms with Crippen molar-refractivity contribution < 1.29 is 19.0 Å². The van der Waals surface area contributed by atoms with Gasteiger partial charge in [0.1, 0.15) is 11.9 Å². The third-order valence-corrected chi connectivity index (χ3v) is 5.07. The molecule has 3 atom stereocenters. The third kappa shape index (κ3) is 7.39. The first-order valence-electron chi connectivity index (χ1n) is 10.5. The standard InChI is InChI=1S/C25H32O4/c1-19(2)13-22(26)14-23-15-24(28-17-21-11-7-4-8-12-21)25(29-23)18-27-16-20-9-5-3-6-10-20/h3-12,19,23-25H,13-18H2,1-2H3/t23-,24+,25-/m1/s1. The quantitative estimate of drug-likeness (QED) is 0.539. The largest absolute Gasteiger partial charge is 0.374 e. The van der Waals surface area contributed by atoms with E-state index in [1.54, 1.807) is 0 Å². The molecule has 156 valence electrons. The van der Waals surface area contributed by atoms with Crippen LogP contribution < -0.4 is 0 Å². The van der Waals surface area contributed by atoms with E-state index >= 15 is 0 Å². The predicted molar refractivity (Wildman–Crippen MR) is 113 cm³/mol. The molecular formula is C25H32O4. The Balaban J connectivity index is 1.54. The molecule has 0 aromatic heterocycles. The van der Waals surface area contributed by atoms with Gasteiger partial charge < -0.3 is 14.2 Å². The Bertz CT molecular complexity index is 729. The number of benzene rings is 2. The van der Waals surface area contributed by atoms with Crippen LogP contribution in [-0.2, 0) is 32.2 Å². The topological polar surface area (TPSA) is 44.8 Å². The zero-order valence-electron chi connectivity index (χ0n) is 17.5. The van der Waals surface area contributed by atoms with Crippen molar-refractivity contribution in [1.29, 1.82) is 0 Å². The molecule has 0 unspecified atom stereocenters. The molecule has 0 spiro atoms. The van der Waals surface area contributed by atoms with E-state index in [4.69, 9.17) is 14.2 Å². The molecule has 2 aromatic rings. The van der Waals surface area contributed by atoms with Crippen molar-refractivity contribution in [2.45, 2.75) is 64.6 Å². The lowest BCUT2D eigenvalue weighted by Gasteiger charge is -2.19. The van der Waals surface area contributed by atoms with Crippen molar-refractivity contribution in [3.05, 3.63) is 71.8 Å². The summed E-state index contributed by atoms with van der Waals surface area (Å²) in [6.07, 6.45) is 1.48. The summed E-state index contributed by atoms with van der Waals surface area (Å²) >= 11 is 0. The van der Waals surface area contributed by atoms with Crippen LogP contribution in [0.5, 0.6) is 0 Å². The number of hydrogen-bond donors (Lipinski definition) is 0. The van der Waals surface area contributed by atoms with Gasteiger partial charge in [-0.2, -0.15) is 0 Å². The van der Waals surface area contributed by atoms with E-state index < -0.39 is 0 Å². The molecule has 1 heterocycles. The van der Waals surface area contributed by atoms with Gasteiger partial charge in [-0.1, -0.05) is 74.5 Å². The van der Waals surface area contributed by atoms with Crippen molar-refractivity contribution in [3.63, 3.8) is 0 Å². The van der Waals surface area contributed by atoms with E-state index in [2.05, 4.69) is 26.0 Å². The first kappa shape index (κ1) is 21.7. The number of carbonyl (C=O) groups is 1. The second-order valence-corrected chi connectivity index (χ2v) is 8.21. The molecule has 0 bridgehead atoms. The van der Waals surface area contributed by atoms with E-state index in [1.807, 2.05) is 48.5 Å². The highest BCUT2D eigenvalue weighted by Gasteiger charge is 2.37. The minimum atomic E-state index is -0.153. The summed E-state index contributed by atoms with van der Waals surface area (Å²) in [5, 5.41) is 0. The minimum absolute atomic E-state index is 0.0668. The average molecular weight is 397 g/mol. The number of rotatable bonds is 11. The summed E-state index contributed by atoms with van der Waals surface area (Å²) < 4.78 is 18.3. The summed E-state index contributed by atoms with van der Waals surface area (Å²) in [6.45, 7) is 5.68. The summed E-state index contributed by atoms with van der Waals surface area (Å²) in [7, 11) is 0. The van der Waals surface area contributed by atoms with E-state index in [9.17, 15) is 4.79 Å². The zero-order chi connectivity index (χ0) is 20.5. The van der Waals surface area contributed by atoms with Gasteiger partial charge in [0.05, 0.1) is 32.0 Å². The molecular weight excluding hydrogens is 364 g/mol.